The van der Waals surface area contributed by atoms with E-state index in [4.69, 9.17) is 21.3 Å². The van der Waals surface area contributed by atoms with Crippen molar-refractivity contribution in [1.82, 2.24) is 4.98 Å². The fourth-order valence-electron chi connectivity index (χ4n) is 2.96. The summed E-state index contributed by atoms with van der Waals surface area (Å²) in [6, 6.07) is 26.2. The molecule has 0 aliphatic carbocycles. The second kappa shape index (κ2) is 6.58. The summed E-state index contributed by atoms with van der Waals surface area (Å²) in [5.74, 6) is 0.837. The van der Waals surface area contributed by atoms with Crippen molar-refractivity contribution in [2.24, 2.45) is 0 Å². The van der Waals surface area contributed by atoms with Crippen molar-refractivity contribution in [2.75, 3.05) is 7.11 Å². The summed E-state index contributed by atoms with van der Waals surface area (Å²) in [4.78, 5) is 4.82. The molecule has 0 saturated carbocycles. The predicted octanol–water partition coefficient (Wildman–Crippen LogP) is 6.23. The van der Waals surface area contributed by atoms with Gasteiger partial charge in [0.1, 0.15) is 5.75 Å². The highest BCUT2D eigenvalue weighted by Crippen LogP contribution is 2.34. The Labute approximate surface area is 151 Å². The number of hydrogen-bond acceptors (Lipinski definition) is 2. The monoisotopic (exact) mass is 345 g/mol. The van der Waals surface area contributed by atoms with Gasteiger partial charge in [-0.05, 0) is 47.5 Å². The van der Waals surface area contributed by atoms with E-state index in [0.717, 1.165) is 39.0 Å². The first-order valence-electron chi connectivity index (χ1n) is 8.05. The fourth-order valence-corrected chi connectivity index (χ4v) is 3.14. The Morgan fingerprint density at radius 2 is 1.56 bits per heavy atom. The number of fused-ring (bicyclic) bond motifs is 1. The van der Waals surface area contributed by atoms with Gasteiger partial charge >= 0.3 is 0 Å². The van der Waals surface area contributed by atoms with Crippen LogP contribution in [0.1, 0.15) is 0 Å². The van der Waals surface area contributed by atoms with Gasteiger partial charge in [-0.15, -0.1) is 0 Å². The van der Waals surface area contributed by atoms with E-state index in [1.807, 2.05) is 48.5 Å². The average molecular weight is 346 g/mol. The van der Waals surface area contributed by atoms with Crippen molar-refractivity contribution in [3.05, 3.63) is 83.9 Å². The molecule has 25 heavy (non-hydrogen) atoms. The van der Waals surface area contributed by atoms with Gasteiger partial charge in [0.2, 0.25) is 0 Å². The topological polar surface area (TPSA) is 22.1 Å². The molecule has 2 nitrogen and oxygen atoms in total. The first kappa shape index (κ1) is 15.7. The molecule has 0 radical (unpaired) electrons. The molecule has 4 aromatic rings. The van der Waals surface area contributed by atoms with Gasteiger partial charge in [-0.25, -0.2) is 4.98 Å². The lowest BCUT2D eigenvalue weighted by atomic mass is 9.98. The van der Waals surface area contributed by atoms with Crippen molar-refractivity contribution in [2.45, 2.75) is 0 Å². The Balaban J connectivity index is 1.97. The van der Waals surface area contributed by atoms with Crippen molar-refractivity contribution in [3.63, 3.8) is 0 Å². The number of aromatic nitrogens is 1. The highest BCUT2D eigenvalue weighted by atomic mass is 35.5. The third-order valence-corrected chi connectivity index (χ3v) is 4.48. The summed E-state index contributed by atoms with van der Waals surface area (Å²) < 4.78 is 5.27. The summed E-state index contributed by atoms with van der Waals surface area (Å²) in [7, 11) is 1.67. The Morgan fingerprint density at radius 3 is 2.28 bits per heavy atom. The summed E-state index contributed by atoms with van der Waals surface area (Å²) >= 11 is 6.23. The molecular weight excluding hydrogens is 330 g/mol. The van der Waals surface area contributed by atoms with Gasteiger partial charge in [0, 0.05) is 16.0 Å². The van der Waals surface area contributed by atoms with E-state index < -0.39 is 0 Å². The maximum absolute atomic E-state index is 6.23. The summed E-state index contributed by atoms with van der Waals surface area (Å²) in [5, 5.41) is 1.74. The van der Waals surface area contributed by atoms with Crippen LogP contribution >= 0.6 is 11.6 Å². The zero-order chi connectivity index (χ0) is 17.2. The number of rotatable bonds is 3. The van der Waals surface area contributed by atoms with Crippen LogP contribution in [0.4, 0.5) is 0 Å². The molecule has 4 rings (SSSR count). The van der Waals surface area contributed by atoms with Crippen LogP contribution < -0.4 is 4.74 Å². The van der Waals surface area contributed by atoms with Crippen molar-refractivity contribution in [3.8, 4) is 28.1 Å². The molecule has 0 amide bonds. The van der Waals surface area contributed by atoms with E-state index in [-0.39, 0.29) is 0 Å². The standard InChI is InChI=1S/C22H16ClNO/c1-25-18-10-7-15(8-11-18)19-14-22(16-5-3-2-4-6-16)24-21-12-9-17(23)13-20(19)21/h2-14H,1H3. The summed E-state index contributed by atoms with van der Waals surface area (Å²) in [6.07, 6.45) is 0. The molecule has 0 fully saturated rings. The molecule has 3 aromatic carbocycles. The maximum Gasteiger partial charge on any atom is 0.118 e. The van der Waals surface area contributed by atoms with Gasteiger partial charge in [0.25, 0.3) is 0 Å². The minimum atomic E-state index is 0.705. The number of halogens is 1. The molecule has 0 N–H and O–H groups in total. The Morgan fingerprint density at radius 1 is 0.800 bits per heavy atom. The van der Waals surface area contributed by atoms with E-state index in [1.165, 1.54) is 0 Å². The molecular formula is C22H16ClNO. The predicted molar refractivity (Wildman–Crippen MR) is 104 cm³/mol. The molecule has 0 aliphatic heterocycles. The lowest BCUT2D eigenvalue weighted by molar-refractivity contribution is 0.415. The SMILES string of the molecule is COc1ccc(-c2cc(-c3ccccc3)nc3ccc(Cl)cc23)cc1. The van der Waals surface area contributed by atoms with E-state index >= 15 is 0 Å². The third-order valence-electron chi connectivity index (χ3n) is 4.24. The molecule has 0 spiro atoms. The molecule has 0 aliphatic rings. The van der Waals surface area contributed by atoms with Crippen LogP contribution in [0.2, 0.25) is 5.02 Å². The zero-order valence-electron chi connectivity index (χ0n) is 13.7. The molecule has 3 heteroatoms. The van der Waals surface area contributed by atoms with E-state index in [9.17, 15) is 0 Å². The van der Waals surface area contributed by atoms with Gasteiger partial charge in [-0.1, -0.05) is 54.1 Å². The van der Waals surface area contributed by atoms with Crippen LogP contribution in [0.5, 0.6) is 5.75 Å². The van der Waals surface area contributed by atoms with E-state index in [0.29, 0.717) is 5.02 Å². The number of ether oxygens (including phenoxy) is 1. The minimum Gasteiger partial charge on any atom is -0.497 e. The van der Waals surface area contributed by atoms with Crippen LogP contribution in [-0.4, -0.2) is 12.1 Å². The molecule has 1 heterocycles. The van der Waals surface area contributed by atoms with Crippen LogP contribution in [0.15, 0.2) is 78.9 Å². The van der Waals surface area contributed by atoms with Crippen LogP contribution in [0, 0.1) is 0 Å². The molecule has 0 bridgehead atoms. The van der Waals surface area contributed by atoms with Gasteiger partial charge < -0.3 is 4.74 Å². The van der Waals surface area contributed by atoms with E-state index in [2.05, 4.69) is 30.3 Å². The maximum atomic E-state index is 6.23. The van der Waals surface area contributed by atoms with Crippen LogP contribution in [0.25, 0.3) is 33.3 Å². The summed E-state index contributed by atoms with van der Waals surface area (Å²) in [5.41, 5.74) is 5.17. The normalized spacial score (nSPS) is 10.8. The zero-order valence-corrected chi connectivity index (χ0v) is 14.5. The van der Waals surface area contributed by atoms with Gasteiger partial charge in [0.15, 0.2) is 0 Å². The molecule has 1 aromatic heterocycles. The van der Waals surface area contributed by atoms with Crippen LogP contribution in [0.3, 0.4) is 0 Å². The molecule has 0 unspecified atom stereocenters. The first-order chi connectivity index (χ1) is 12.2. The van der Waals surface area contributed by atoms with Crippen molar-refractivity contribution < 1.29 is 4.74 Å². The van der Waals surface area contributed by atoms with Gasteiger partial charge in [-0.3, -0.25) is 0 Å². The Hall–Kier alpha value is -2.84. The Kier molecular flexibility index (Phi) is 4.12. The number of benzene rings is 3. The number of pyridine rings is 1. The lowest BCUT2D eigenvalue weighted by Crippen LogP contribution is -1.90. The third kappa shape index (κ3) is 3.09. The van der Waals surface area contributed by atoms with E-state index in [1.54, 1.807) is 7.11 Å². The van der Waals surface area contributed by atoms with Gasteiger partial charge in [-0.2, -0.15) is 0 Å². The second-order valence-corrected chi connectivity index (χ2v) is 6.25. The molecule has 0 saturated heterocycles. The average Bonchev–Trinajstić information content (AvgIpc) is 2.68. The largest absolute Gasteiger partial charge is 0.497 e. The Bertz CT molecular complexity index is 1030. The number of hydrogen-bond donors (Lipinski definition) is 0. The number of methoxy groups -OCH3 is 1. The fraction of sp³-hybridized carbons (Fsp3) is 0.0455. The summed E-state index contributed by atoms with van der Waals surface area (Å²) in [6.45, 7) is 0. The highest BCUT2D eigenvalue weighted by molar-refractivity contribution is 6.31. The lowest BCUT2D eigenvalue weighted by Gasteiger charge is -2.11. The van der Waals surface area contributed by atoms with Gasteiger partial charge in [0.05, 0.1) is 18.3 Å². The number of nitrogens with zero attached hydrogens (tertiary/aromatic N) is 1. The molecule has 122 valence electrons. The van der Waals surface area contributed by atoms with Crippen molar-refractivity contribution >= 4 is 22.5 Å². The highest BCUT2D eigenvalue weighted by Gasteiger charge is 2.10. The smallest absolute Gasteiger partial charge is 0.118 e. The quantitative estimate of drug-likeness (QED) is 0.439. The first-order valence-corrected chi connectivity index (χ1v) is 8.42. The van der Waals surface area contributed by atoms with Crippen molar-refractivity contribution in [1.29, 1.82) is 0 Å². The van der Waals surface area contributed by atoms with Crippen LogP contribution in [-0.2, 0) is 0 Å². The minimum absolute atomic E-state index is 0.705. The molecule has 0 atom stereocenters. The second-order valence-electron chi connectivity index (χ2n) is 5.81.